The molecule has 1 amide bonds. The SMILES string of the molecule is COc1cc2c(cc1OC)CN(C(=O)CSc1nnc(CC3CCS(=O)(=O)C3)o1)CC2. The zero-order chi connectivity index (χ0) is 22.0. The molecule has 0 aliphatic carbocycles. The molecule has 2 aliphatic rings. The molecule has 1 aromatic heterocycles. The number of sulfone groups is 1. The fraction of sp³-hybridized carbons (Fsp3) is 0.550. The maximum atomic E-state index is 12.7. The lowest BCUT2D eigenvalue weighted by Gasteiger charge is -2.29. The van der Waals surface area contributed by atoms with Crippen molar-refractivity contribution >= 4 is 27.5 Å². The number of hydrogen-bond donors (Lipinski definition) is 0. The van der Waals surface area contributed by atoms with Gasteiger partial charge in [-0.3, -0.25) is 4.79 Å². The van der Waals surface area contributed by atoms with E-state index in [1.54, 1.807) is 14.2 Å². The number of amides is 1. The molecule has 1 aromatic carbocycles. The number of carbonyl (C=O) groups excluding carboxylic acids is 1. The standard InChI is InChI=1S/C20H25N3O6S2/c1-27-16-8-14-3-5-23(10-15(14)9-17(16)28-2)19(24)11-30-20-22-21-18(29-20)7-13-4-6-31(25,26)12-13/h8-9,13H,3-7,10-12H2,1-2H3. The average molecular weight is 468 g/mol. The van der Waals surface area contributed by atoms with Gasteiger partial charge >= 0.3 is 0 Å². The van der Waals surface area contributed by atoms with Crippen LogP contribution in [0.5, 0.6) is 11.5 Å². The first-order valence-corrected chi connectivity index (χ1v) is 12.8. The Bertz CT molecular complexity index is 1070. The largest absolute Gasteiger partial charge is 0.493 e. The van der Waals surface area contributed by atoms with Crippen LogP contribution in [0.25, 0.3) is 0 Å². The Morgan fingerprint density at radius 2 is 1.97 bits per heavy atom. The minimum Gasteiger partial charge on any atom is -0.493 e. The number of thioether (sulfide) groups is 1. The first-order valence-electron chi connectivity index (χ1n) is 10.0. The summed E-state index contributed by atoms with van der Waals surface area (Å²) in [5, 5.41) is 8.31. The van der Waals surface area contributed by atoms with Gasteiger partial charge in [-0.2, -0.15) is 0 Å². The zero-order valence-electron chi connectivity index (χ0n) is 17.5. The van der Waals surface area contributed by atoms with Gasteiger partial charge in [-0.1, -0.05) is 11.8 Å². The third-order valence-electron chi connectivity index (χ3n) is 5.63. The summed E-state index contributed by atoms with van der Waals surface area (Å²) in [5.74, 6) is 2.37. The van der Waals surface area contributed by atoms with E-state index in [1.807, 2.05) is 17.0 Å². The molecule has 0 saturated carbocycles. The summed E-state index contributed by atoms with van der Waals surface area (Å²) in [5.41, 5.74) is 2.21. The van der Waals surface area contributed by atoms with E-state index < -0.39 is 9.84 Å². The van der Waals surface area contributed by atoms with Gasteiger partial charge in [0, 0.05) is 19.5 Å². The molecule has 2 aliphatic heterocycles. The first kappa shape index (κ1) is 21.9. The van der Waals surface area contributed by atoms with E-state index >= 15 is 0 Å². The monoisotopic (exact) mass is 467 g/mol. The fourth-order valence-electron chi connectivity index (χ4n) is 3.97. The summed E-state index contributed by atoms with van der Waals surface area (Å²) >= 11 is 1.20. The Hall–Kier alpha value is -2.27. The normalized spacial score (nSPS) is 19.8. The van der Waals surface area contributed by atoms with Crippen LogP contribution in [0.1, 0.15) is 23.4 Å². The molecule has 0 N–H and O–H groups in total. The molecule has 168 valence electrons. The van der Waals surface area contributed by atoms with Gasteiger partial charge in [-0.15, -0.1) is 10.2 Å². The van der Waals surface area contributed by atoms with Crippen LogP contribution in [0.3, 0.4) is 0 Å². The summed E-state index contributed by atoms with van der Waals surface area (Å²) in [7, 11) is 0.272. The van der Waals surface area contributed by atoms with Crippen LogP contribution in [0, 0.1) is 5.92 Å². The van der Waals surface area contributed by atoms with Crippen LogP contribution in [-0.2, 0) is 34.0 Å². The van der Waals surface area contributed by atoms with Crippen LogP contribution in [0.15, 0.2) is 21.8 Å². The van der Waals surface area contributed by atoms with Crippen LogP contribution in [-0.4, -0.2) is 67.4 Å². The van der Waals surface area contributed by atoms with E-state index in [0.29, 0.717) is 48.5 Å². The van der Waals surface area contributed by atoms with E-state index in [2.05, 4.69) is 10.2 Å². The van der Waals surface area contributed by atoms with Crippen molar-refractivity contribution < 1.29 is 27.1 Å². The highest BCUT2D eigenvalue weighted by molar-refractivity contribution is 7.99. The number of methoxy groups -OCH3 is 2. The van der Waals surface area contributed by atoms with Crippen molar-refractivity contribution in [2.45, 2.75) is 31.0 Å². The van der Waals surface area contributed by atoms with E-state index in [-0.39, 0.29) is 29.1 Å². The van der Waals surface area contributed by atoms with Crippen LogP contribution >= 0.6 is 11.8 Å². The number of aromatic nitrogens is 2. The van der Waals surface area contributed by atoms with Gasteiger partial charge in [0.05, 0.1) is 31.5 Å². The number of carbonyl (C=O) groups is 1. The lowest BCUT2D eigenvalue weighted by atomic mass is 9.99. The first-order chi connectivity index (χ1) is 14.9. The second-order valence-electron chi connectivity index (χ2n) is 7.76. The van der Waals surface area contributed by atoms with Crippen molar-refractivity contribution in [1.29, 1.82) is 0 Å². The molecule has 9 nitrogen and oxygen atoms in total. The molecule has 31 heavy (non-hydrogen) atoms. The molecule has 0 bridgehead atoms. The van der Waals surface area contributed by atoms with Gasteiger partial charge in [0.25, 0.3) is 5.22 Å². The smallest absolute Gasteiger partial charge is 0.277 e. The summed E-state index contributed by atoms with van der Waals surface area (Å²) < 4.78 is 39.5. The highest BCUT2D eigenvalue weighted by Crippen LogP contribution is 2.33. The van der Waals surface area contributed by atoms with Gasteiger partial charge in [0.2, 0.25) is 11.8 Å². The zero-order valence-corrected chi connectivity index (χ0v) is 19.1. The van der Waals surface area contributed by atoms with Crippen molar-refractivity contribution in [1.82, 2.24) is 15.1 Å². The quantitative estimate of drug-likeness (QED) is 0.562. The summed E-state index contributed by atoms with van der Waals surface area (Å²) in [4.78, 5) is 14.5. The Balaban J connectivity index is 1.31. The Kier molecular flexibility index (Phi) is 6.42. The average Bonchev–Trinajstić information content (AvgIpc) is 3.35. The van der Waals surface area contributed by atoms with Crippen molar-refractivity contribution in [3.63, 3.8) is 0 Å². The molecule has 3 heterocycles. The van der Waals surface area contributed by atoms with Gasteiger partial charge in [0.15, 0.2) is 21.3 Å². The molecule has 2 aromatic rings. The third kappa shape index (κ3) is 5.15. The van der Waals surface area contributed by atoms with E-state index in [9.17, 15) is 13.2 Å². The third-order valence-corrected chi connectivity index (χ3v) is 8.27. The van der Waals surface area contributed by atoms with E-state index in [0.717, 1.165) is 17.5 Å². The van der Waals surface area contributed by atoms with Crippen molar-refractivity contribution in [3.8, 4) is 11.5 Å². The second kappa shape index (κ2) is 9.07. The summed E-state index contributed by atoms with van der Waals surface area (Å²) in [6.45, 7) is 1.15. The van der Waals surface area contributed by atoms with Gasteiger partial charge in [-0.25, -0.2) is 8.42 Å². The number of ether oxygens (including phenoxy) is 2. The summed E-state index contributed by atoms with van der Waals surface area (Å²) in [6.07, 6.45) is 1.83. The van der Waals surface area contributed by atoms with Crippen LogP contribution < -0.4 is 9.47 Å². The number of fused-ring (bicyclic) bond motifs is 1. The van der Waals surface area contributed by atoms with Crippen molar-refractivity contribution in [2.75, 3.05) is 38.0 Å². The maximum absolute atomic E-state index is 12.7. The number of hydrogen-bond acceptors (Lipinski definition) is 9. The van der Waals surface area contributed by atoms with Crippen molar-refractivity contribution in [3.05, 3.63) is 29.2 Å². The lowest BCUT2D eigenvalue weighted by molar-refractivity contribution is -0.129. The summed E-state index contributed by atoms with van der Waals surface area (Å²) in [6, 6.07) is 3.90. The molecule has 11 heteroatoms. The minimum atomic E-state index is -2.93. The molecule has 0 spiro atoms. The molecular weight excluding hydrogens is 442 g/mol. The lowest BCUT2D eigenvalue weighted by Crippen LogP contribution is -2.37. The van der Waals surface area contributed by atoms with Gasteiger partial charge < -0.3 is 18.8 Å². The van der Waals surface area contributed by atoms with Crippen molar-refractivity contribution in [2.24, 2.45) is 5.92 Å². The Labute approximate surface area is 185 Å². The molecule has 4 rings (SSSR count). The maximum Gasteiger partial charge on any atom is 0.277 e. The topological polar surface area (TPSA) is 112 Å². The molecule has 1 atom stereocenters. The number of nitrogens with zero attached hydrogens (tertiary/aromatic N) is 3. The molecule has 1 unspecified atom stereocenters. The number of benzene rings is 1. The Morgan fingerprint density at radius 3 is 2.65 bits per heavy atom. The molecule has 1 saturated heterocycles. The highest BCUT2D eigenvalue weighted by atomic mass is 32.2. The van der Waals surface area contributed by atoms with Crippen LogP contribution in [0.4, 0.5) is 0 Å². The minimum absolute atomic E-state index is 0.00734. The van der Waals surface area contributed by atoms with Crippen LogP contribution in [0.2, 0.25) is 0 Å². The molecular formula is C20H25N3O6S2. The van der Waals surface area contributed by atoms with E-state index in [4.69, 9.17) is 13.9 Å². The predicted octanol–water partition coefficient (Wildman–Crippen LogP) is 1.74. The second-order valence-corrected chi connectivity index (χ2v) is 10.9. The predicted molar refractivity (Wildman–Crippen MR) is 114 cm³/mol. The highest BCUT2D eigenvalue weighted by Gasteiger charge is 2.29. The number of rotatable bonds is 7. The van der Waals surface area contributed by atoms with E-state index in [1.165, 1.54) is 11.8 Å². The molecule has 0 radical (unpaired) electrons. The Morgan fingerprint density at radius 1 is 1.23 bits per heavy atom. The fourth-order valence-corrected chi connectivity index (χ4v) is 6.51. The molecule has 1 fully saturated rings. The van der Waals surface area contributed by atoms with Gasteiger partial charge in [-0.05, 0) is 42.0 Å². The van der Waals surface area contributed by atoms with Gasteiger partial charge in [0.1, 0.15) is 0 Å².